The predicted molar refractivity (Wildman–Crippen MR) is 114 cm³/mol. The Balaban J connectivity index is 1.65. The second kappa shape index (κ2) is 9.02. The fourth-order valence-electron chi connectivity index (χ4n) is 2.72. The minimum absolute atomic E-state index is 0.0217. The number of phenolic OH excluding ortho intramolecular Hbond substituents is 1. The first kappa shape index (κ1) is 22.1. The number of carbonyl (C=O) groups excluding carboxylic acids is 2. The Morgan fingerprint density at radius 3 is 2.29 bits per heavy atom. The molecule has 3 rings (SSSR count). The van der Waals surface area contributed by atoms with Crippen LogP contribution in [0.3, 0.4) is 0 Å². The predicted octanol–water partition coefficient (Wildman–Crippen LogP) is 2.31. The SMILES string of the molecule is CC(=O)c1ccc(S(=O)(=O)N(C)CC(=O)Nc2cnc(-c3cccc(O)c3)nc2)cc1. The lowest BCUT2D eigenvalue weighted by Crippen LogP contribution is -2.35. The minimum atomic E-state index is -3.91. The largest absolute Gasteiger partial charge is 0.508 e. The topological polar surface area (TPSA) is 130 Å². The summed E-state index contributed by atoms with van der Waals surface area (Å²) in [4.78, 5) is 31.9. The molecule has 0 fully saturated rings. The van der Waals surface area contributed by atoms with Crippen molar-refractivity contribution in [2.75, 3.05) is 18.9 Å². The van der Waals surface area contributed by atoms with Gasteiger partial charge in [0, 0.05) is 18.2 Å². The van der Waals surface area contributed by atoms with Gasteiger partial charge in [-0.3, -0.25) is 9.59 Å². The molecule has 0 saturated heterocycles. The van der Waals surface area contributed by atoms with Gasteiger partial charge < -0.3 is 10.4 Å². The first-order valence-corrected chi connectivity index (χ1v) is 10.6. The number of nitrogens with zero attached hydrogens (tertiary/aromatic N) is 3. The Kier molecular flexibility index (Phi) is 6.42. The average Bonchev–Trinajstić information content (AvgIpc) is 2.74. The number of Topliss-reactive ketones (excluding diaryl/α,β-unsaturated/α-hetero) is 1. The number of nitrogens with one attached hydrogen (secondary N) is 1. The van der Waals surface area contributed by atoms with Crippen LogP contribution in [0.15, 0.2) is 65.8 Å². The number of ketones is 1. The summed E-state index contributed by atoms with van der Waals surface area (Å²) in [6, 6.07) is 11.9. The van der Waals surface area contributed by atoms with Crippen LogP contribution in [0.2, 0.25) is 0 Å². The van der Waals surface area contributed by atoms with E-state index in [0.29, 0.717) is 22.6 Å². The van der Waals surface area contributed by atoms with Crippen LogP contribution in [0.25, 0.3) is 11.4 Å². The highest BCUT2D eigenvalue weighted by Gasteiger charge is 2.23. The molecule has 0 radical (unpaired) electrons. The molecule has 0 aliphatic rings. The van der Waals surface area contributed by atoms with Gasteiger partial charge in [0.1, 0.15) is 5.75 Å². The summed E-state index contributed by atoms with van der Waals surface area (Å²) in [6.45, 7) is 0.963. The third-order valence-corrected chi connectivity index (χ3v) is 6.19. The summed E-state index contributed by atoms with van der Waals surface area (Å²) in [6.07, 6.45) is 2.78. The summed E-state index contributed by atoms with van der Waals surface area (Å²) in [5.41, 5.74) is 1.30. The quantitative estimate of drug-likeness (QED) is 0.539. The molecule has 0 saturated carbocycles. The standard InChI is InChI=1S/C21H20N4O5S/c1-14(26)15-6-8-19(9-7-15)31(29,30)25(2)13-20(28)24-17-11-22-21(23-12-17)16-4-3-5-18(27)10-16/h3-12,27H,13H2,1-2H3,(H,24,28). The van der Waals surface area contributed by atoms with Crippen molar-refractivity contribution in [3.8, 4) is 17.1 Å². The molecule has 10 heteroatoms. The zero-order valence-corrected chi connectivity index (χ0v) is 17.6. The highest BCUT2D eigenvalue weighted by molar-refractivity contribution is 7.89. The average molecular weight is 440 g/mol. The number of carbonyl (C=O) groups is 2. The Morgan fingerprint density at radius 2 is 1.71 bits per heavy atom. The number of aromatic nitrogens is 2. The third-order valence-electron chi connectivity index (χ3n) is 4.38. The molecule has 1 amide bonds. The number of amides is 1. The number of sulfonamides is 1. The molecule has 0 aliphatic carbocycles. The van der Waals surface area contributed by atoms with E-state index in [9.17, 15) is 23.1 Å². The molecule has 2 aromatic carbocycles. The van der Waals surface area contributed by atoms with Gasteiger partial charge in [0.25, 0.3) is 0 Å². The number of anilines is 1. The molecule has 0 atom stereocenters. The van der Waals surface area contributed by atoms with E-state index < -0.39 is 22.5 Å². The van der Waals surface area contributed by atoms with Crippen molar-refractivity contribution in [1.29, 1.82) is 0 Å². The monoisotopic (exact) mass is 440 g/mol. The molecule has 3 aromatic rings. The van der Waals surface area contributed by atoms with Crippen LogP contribution in [0.5, 0.6) is 5.75 Å². The van der Waals surface area contributed by atoms with Gasteiger partial charge in [0.2, 0.25) is 15.9 Å². The van der Waals surface area contributed by atoms with Gasteiger partial charge in [-0.25, -0.2) is 18.4 Å². The van der Waals surface area contributed by atoms with Crippen molar-refractivity contribution in [3.63, 3.8) is 0 Å². The van der Waals surface area contributed by atoms with E-state index in [1.165, 1.54) is 62.8 Å². The van der Waals surface area contributed by atoms with E-state index in [0.717, 1.165) is 4.31 Å². The van der Waals surface area contributed by atoms with Crippen molar-refractivity contribution < 1.29 is 23.1 Å². The van der Waals surface area contributed by atoms with E-state index in [1.807, 2.05) is 0 Å². The first-order chi connectivity index (χ1) is 14.7. The van der Waals surface area contributed by atoms with Crippen molar-refractivity contribution in [2.45, 2.75) is 11.8 Å². The maximum absolute atomic E-state index is 12.6. The van der Waals surface area contributed by atoms with E-state index in [2.05, 4.69) is 15.3 Å². The number of aromatic hydroxyl groups is 1. The lowest BCUT2D eigenvalue weighted by Gasteiger charge is -2.17. The van der Waals surface area contributed by atoms with Gasteiger partial charge in [-0.2, -0.15) is 4.31 Å². The van der Waals surface area contributed by atoms with Crippen LogP contribution in [0.1, 0.15) is 17.3 Å². The van der Waals surface area contributed by atoms with Crippen molar-refractivity contribution in [2.24, 2.45) is 0 Å². The Labute approximate surface area is 179 Å². The number of rotatable bonds is 7. The summed E-state index contributed by atoms with van der Waals surface area (Å²) >= 11 is 0. The molecule has 0 aliphatic heterocycles. The molecule has 0 spiro atoms. The normalized spacial score (nSPS) is 11.3. The highest BCUT2D eigenvalue weighted by Crippen LogP contribution is 2.20. The number of benzene rings is 2. The third kappa shape index (κ3) is 5.30. The van der Waals surface area contributed by atoms with Crippen LogP contribution in [0.4, 0.5) is 5.69 Å². The molecule has 0 bridgehead atoms. The minimum Gasteiger partial charge on any atom is -0.508 e. The van der Waals surface area contributed by atoms with Crippen molar-refractivity contribution >= 4 is 27.4 Å². The Morgan fingerprint density at radius 1 is 1.06 bits per heavy atom. The van der Waals surface area contributed by atoms with Gasteiger partial charge in [0.15, 0.2) is 11.6 Å². The fourth-order valence-corrected chi connectivity index (χ4v) is 3.84. The highest BCUT2D eigenvalue weighted by atomic mass is 32.2. The fraction of sp³-hybridized carbons (Fsp3) is 0.143. The molecule has 1 aromatic heterocycles. The van der Waals surface area contributed by atoms with Crippen LogP contribution in [-0.2, 0) is 14.8 Å². The molecular weight excluding hydrogens is 420 g/mol. The lowest BCUT2D eigenvalue weighted by molar-refractivity contribution is -0.116. The maximum atomic E-state index is 12.6. The van der Waals surface area contributed by atoms with Crippen molar-refractivity contribution in [3.05, 3.63) is 66.5 Å². The van der Waals surface area contributed by atoms with Crippen LogP contribution >= 0.6 is 0 Å². The van der Waals surface area contributed by atoms with Gasteiger partial charge in [0.05, 0.1) is 29.5 Å². The summed E-state index contributed by atoms with van der Waals surface area (Å²) in [5.74, 6) is -0.296. The van der Waals surface area contributed by atoms with Crippen LogP contribution < -0.4 is 5.32 Å². The van der Waals surface area contributed by atoms with E-state index in [4.69, 9.17) is 0 Å². The first-order valence-electron chi connectivity index (χ1n) is 9.15. The van der Waals surface area contributed by atoms with E-state index in [-0.39, 0.29) is 16.4 Å². The van der Waals surface area contributed by atoms with E-state index >= 15 is 0 Å². The smallest absolute Gasteiger partial charge is 0.243 e. The van der Waals surface area contributed by atoms with Gasteiger partial charge in [-0.15, -0.1) is 0 Å². The number of likely N-dealkylation sites (N-methyl/N-ethyl adjacent to an activating group) is 1. The zero-order chi connectivity index (χ0) is 22.6. The summed E-state index contributed by atoms with van der Waals surface area (Å²) in [7, 11) is -2.62. The molecule has 2 N–H and O–H groups in total. The molecular formula is C21H20N4O5S. The number of phenols is 1. The molecule has 31 heavy (non-hydrogen) atoms. The van der Waals surface area contributed by atoms with E-state index in [1.54, 1.807) is 12.1 Å². The lowest BCUT2D eigenvalue weighted by atomic mass is 10.2. The number of hydrogen-bond donors (Lipinski definition) is 2. The zero-order valence-electron chi connectivity index (χ0n) is 16.8. The van der Waals surface area contributed by atoms with Gasteiger partial charge in [-0.05, 0) is 31.2 Å². The molecule has 9 nitrogen and oxygen atoms in total. The Bertz CT molecular complexity index is 1210. The van der Waals surface area contributed by atoms with Gasteiger partial charge >= 0.3 is 0 Å². The van der Waals surface area contributed by atoms with Crippen LogP contribution in [0, 0.1) is 0 Å². The second-order valence-corrected chi connectivity index (χ2v) is 8.78. The Hall–Kier alpha value is -3.63. The second-order valence-electron chi connectivity index (χ2n) is 6.74. The van der Waals surface area contributed by atoms with Crippen molar-refractivity contribution in [1.82, 2.24) is 14.3 Å². The molecule has 160 valence electrons. The summed E-state index contributed by atoms with van der Waals surface area (Å²) in [5, 5.41) is 12.1. The van der Waals surface area contributed by atoms with Gasteiger partial charge in [-0.1, -0.05) is 24.3 Å². The molecule has 0 unspecified atom stereocenters. The number of hydrogen-bond acceptors (Lipinski definition) is 7. The maximum Gasteiger partial charge on any atom is 0.243 e. The summed E-state index contributed by atoms with van der Waals surface area (Å²) < 4.78 is 26.2. The van der Waals surface area contributed by atoms with Crippen LogP contribution in [-0.4, -0.2) is 53.1 Å². The molecule has 1 heterocycles.